The van der Waals surface area contributed by atoms with E-state index >= 15 is 0 Å². The number of hydrogen-bond acceptors (Lipinski definition) is 4. The van der Waals surface area contributed by atoms with Gasteiger partial charge in [-0.05, 0) is 18.6 Å². The molecule has 0 radical (unpaired) electrons. The van der Waals surface area contributed by atoms with Crippen LogP contribution < -0.4 is 15.2 Å². The molecule has 1 atom stereocenters. The second kappa shape index (κ2) is 5.38. The molecule has 0 fully saturated rings. The molecule has 0 heterocycles. The first kappa shape index (κ1) is 12.3. The zero-order valence-corrected chi connectivity index (χ0v) is 9.78. The summed E-state index contributed by atoms with van der Waals surface area (Å²) in [6.07, 6.45) is 0.267. The number of aryl methyl sites for hydroxylation is 1. The van der Waals surface area contributed by atoms with Crippen molar-refractivity contribution in [2.45, 2.75) is 19.4 Å². The van der Waals surface area contributed by atoms with Crippen LogP contribution in [0.15, 0.2) is 12.1 Å². The van der Waals surface area contributed by atoms with Crippen LogP contribution >= 0.6 is 0 Å². The quantitative estimate of drug-likeness (QED) is 0.841. The van der Waals surface area contributed by atoms with Crippen molar-refractivity contribution < 1.29 is 9.47 Å². The molecule has 1 aromatic carbocycles. The van der Waals surface area contributed by atoms with Gasteiger partial charge in [0.1, 0.15) is 11.5 Å². The summed E-state index contributed by atoms with van der Waals surface area (Å²) < 4.78 is 10.4. The topological polar surface area (TPSA) is 68.3 Å². The van der Waals surface area contributed by atoms with Crippen molar-refractivity contribution in [3.05, 3.63) is 23.3 Å². The lowest BCUT2D eigenvalue weighted by Crippen LogP contribution is -2.12. The van der Waals surface area contributed by atoms with Crippen LogP contribution in [0.1, 0.15) is 23.6 Å². The van der Waals surface area contributed by atoms with Crippen molar-refractivity contribution >= 4 is 0 Å². The second-order valence-electron chi connectivity index (χ2n) is 3.53. The molecule has 2 N–H and O–H groups in total. The lowest BCUT2D eigenvalue weighted by atomic mass is 9.98. The summed E-state index contributed by atoms with van der Waals surface area (Å²) in [6.45, 7) is 1.93. The van der Waals surface area contributed by atoms with Crippen LogP contribution in [-0.2, 0) is 0 Å². The SMILES string of the molecule is COc1cc(C)c(C(N)CC#N)c(OC)c1. The molecule has 0 aliphatic heterocycles. The van der Waals surface area contributed by atoms with Crippen molar-refractivity contribution in [3.8, 4) is 17.6 Å². The lowest BCUT2D eigenvalue weighted by Gasteiger charge is -2.17. The highest BCUT2D eigenvalue weighted by molar-refractivity contribution is 5.48. The van der Waals surface area contributed by atoms with E-state index in [1.54, 1.807) is 20.3 Å². The molecule has 16 heavy (non-hydrogen) atoms. The molecular weight excluding hydrogens is 204 g/mol. The third-order valence-electron chi connectivity index (χ3n) is 2.46. The van der Waals surface area contributed by atoms with Gasteiger partial charge in [-0.15, -0.1) is 0 Å². The van der Waals surface area contributed by atoms with E-state index in [1.807, 2.05) is 13.0 Å². The normalized spacial score (nSPS) is 11.7. The van der Waals surface area contributed by atoms with Crippen molar-refractivity contribution in [1.82, 2.24) is 0 Å². The van der Waals surface area contributed by atoms with E-state index in [0.717, 1.165) is 16.9 Å². The third kappa shape index (κ3) is 2.44. The molecular formula is C12H16N2O2. The number of rotatable bonds is 4. The summed E-state index contributed by atoms with van der Waals surface area (Å²) in [6, 6.07) is 5.39. The smallest absolute Gasteiger partial charge is 0.127 e. The minimum Gasteiger partial charge on any atom is -0.497 e. The molecule has 0 spiro atoms. The Balaban J connectivity index is 3.22. The fraction of sp³-hybridized carbons (Fsp3) is 0.417. The molecule has 0 saturated heterocycles. The van der Waals surface area contributed by atoms with E-state index in [4.69, 9.17) is 20.5 Å². The van der Waals surface area contributed by atoms with E-state index in [1.165, 1.54) is 0 Å². The molecule has 1 rings (SSSR count). The third-order valence-corrected chi connectivity index (χ3v) is 2.46. The zero-order valence-electron chi connectivity index (χ0n) is 9.78. The number of nitrogens with zero attached hydrogens (tertiary/aromatic N) is 1. The summed E-state index contributed by atoms with van der Waals surface area (Å²) in [5, 5.41) is 8.66. The molecule has 0 aromatic heterocycles. The Morgan fingerprint density at radius 1 is 1.38 bits per heavy atom. The summed E-state index contributed by atoms with van der Waals surface area (Å²) in [4.78, 5) is 0. The van der Waals surface area contributed by atoms with Crippen molar-refractivity contribution in [2.75, 3.05) is 14.2 Å². The Hall–Kier alpha value is -1.73. The number of ether oxygens (including phenoxy) is 2. The summed E-state index contributed by atoms with van der Waals surface area (Å²) >= 11 is 0. The van der Waals surface area contributed by atoms with Gasteiger partial charge in [-0.3, -0.25) is 0 Å². The summed E-state index contributed by atoms with van der Waals surface area (Å²) in [5.74, 6) is 1.39. The minimum atomic E-state index is -0.328. The van der Waals surface area contributed by atoms with Gasteiger partial charge in [-0.25, -0.2) is 0 Å². The number of nitriles is 1. The van der Waals surface area contributed by atoms with Gasteiger partial charge in [-0.2, -0.15) is 5.26 Å². The molecule has 0 saturated carbocycles. The van der Waals surface area contributed by atoms with Crippen LogP contribution in [0, 0.1) is 18.3 Å². The van der Waals surface area contributed by atoms with Gasteiger partial charge >= 0.3 is 0 Å². The van der Waals surface area contributed by atoms with Gasteiger partial charge in [-0.1, -0.05) is 0 Å². The molecule has 4 nitrogen and oxygen atoms in total. The van der Waals surface area contributed by atoms with Crippen molar-refractivity contribution in [2.24, 2.45) is 5.73 Å². The average Bonchev–Trinajstić information content (AvgIpc) is 2.27. The Morgan fingerprint density at radius 2 is 2.06 bits per heavy atom. The first-order chi connectivity index (χ1) is 7.63. The van der Waals surface area contributed by atoms with Gasteiger partial charge in [0.05, 0.1) is 26.7 Å². The maximum Gasteiger partial charge on any atom is 0.127 e. The fourth-order valence-corrected chi connectivity index (χ4v) is 1.70. The van der Waals surface area contributed by atoms with E-state index in [0.29, 0.717) is 5.75 Å². The molecule has 0 aliphatic carbocycles. The second-order valence-corrected chi connectivity index (χ2v) is 3.53. The number of methoxy groups -OCH3 is 2. The lowest BCUT2D eigenvalue weighted by molar-refractivity contribution is 0.387. The van der Waals surface area contributed by atoms with Crippen LogP contribution in [0.5, 0.6) is 11.5 Å². The van der Waals surface area contributed by atoms with E-state index in [9.17, 15) is 0 Å². The van der Waals surface area contributed by atoms with Crippen LogP contribution in [0.4, 0.5) is 0 Å². The van der Waals surface area contributed by atoms with Crippen molar-refractivity contribution in [3.63, 3.8) is 0 Å². The van der Waals surface area contributed by atoms with Crippen LogP contribution in [0.25, 0.3) is 0 Å². The predicted octanol–water partition coefficient (Wildman–Crippen LogP) is 1.93. The first-order valence-electron chi connectivity index (χ1n) is 4.99. The summed E-state index contributed by atoms with van der Waals surface area (Å²) in [7, 11) is 3.18. The minimum absolute atomic E-state index is 0.267. The molecule has 0 bridgehead atoms. The number of nitrogens with two attached hydrogens (primary N) is 1. The maximum absolute atomic E-state index is 8.66. The van der Waals surface area contributed by atoms with Gasteiger partial charge in [0, 0.05) is 17.7 Å². The molecule has 0 aliphatic rings. The predicted molar refractivity (Wildman–Crippen MR) is 61.4 cm³/mol. The maximum atomic E-state index is 8.66. The first-order valence-corrected chi connectivity index (χ1v) is 4.99. The van der Waals surface area contributed by atoms with E-state index in [-0.39, 0.29) is 12.5 Å². The van der Waals surface area contributed by atoms with Crippen molar-refractivity contribution in [1.29, 1.82) is 5.26 Å². The Labute approximate surface area is 95.6 Å². The van der Waals surface area contributed by atoms with Crippen LogP contribution in [-0.4, -0.2) is 14.2 Å². The van der Waals surface area contributed by atoms with Gasteiger partial charge in [0.25, 0.3) is 0 Å². The highest BCUT2D eigenvalue weighted by Crippen LogP contribution is 2.33. The van der Waals surface area contributed by atoms with Crippen LogP contribution in [0.3, 0.4) is 0 Å². The largest absolute Gasteiger partial charge is 0.497 e. The van der Waals surface area contributed by atoms with Gasteiger partial charge < -0.3 is 15.2 Å². The Kier molecular flexibility index (Phi) is 4.15. The Bertz CT molecular complexity index is 410. The average molecular weight is 220 g/mol. The molecule has 0 amide bonds. The van der Waals surface area contributed by atoms with E-state index in [2.05, 4.69) is 6.07 Å². The Morgan fingerprint density at radius 3 is 2.56 bits per heavy atom. The monoisotopic (exact) mass is 220 g/mol. The van der Waals surface area contributed by atoms with Gasteiger partial charge in [0.15, 0.2) is 0 Å². The number of benzene rings is 1. The standard InChI is InChI=1S/C12H16N2O2/c1-8-6-9(15-2)7-11(16-3)12(8)10(14)4-5-13/h6-7,10H,4,14H2,1-3H3. The van der Waals surface area contributed by atoms with Gasteiger partial charge in [0.2, 0.25) is 0 Å². The molecule has 4 heteroatoms. The number of hydrogen-bond donors (Lipinski definition) is 1. The molecule has 1 aromatic rings. The molecule has 86 valence electrons. The van der Waals surface area contributed by atoms with Crippen LogP contribution in [0.2, 0.25) is 0 Å². The zero-order chi connectivity index (χ0) is 12.1. The fourth-order valence-electron chi connectivity index (χ4n) is 1.70. The highest BCUT2D eigenvalue weighted by atomic mass is 16.5. The summed E-state index contributed by atoms with van der Waals surface area (Å²) in [5.41, 5.74) is 7.77. The molecule has 1 unspecified atom stereocenters. The highest BCUT2D eigenvalue weighted by Gasteiger charge is 2.16. The van der Waals surface area contributed by atoms with E-state index < -0.39 is 0 Å².